The highest BCUT2D eigenvalue weighted by molar-refractivity contribution is 5.30. The standard InChI is InChI=1S/C18H22O2/c1-3-5-14-6-4-7-16(12-14)18(19)13-15-8-10-17(20-2)11-9-15/h4,6-12,18-19H,3,5,13H2,1-2H3. The van der Waals surface area contributed by atoms with E-state index in [0.29, 0.717) is 6.42 Å². The van der Waals surface area contributed by atoms with Gasteiger partial charge in [0.25, 0.3) is 0 Å². The van der Waals surface area contributed by atoms with E-state index in [1.807, 2.05) is 36.4 Å². The van der Waals surface area contributed by atoms with Crippen LogP contribution in [0.15, 0.2) is 48.5 Å². The van der Waals surface area contributed by atoms with Crippen LogP contribution >= 0.6 is 0 Å². The van der Waals surface area contributed by atoms with Crippen LogP contribution in [-0.2, 0) is 12.8 Å². The predicted molar refractivity (Wildman–Crippen MR) is 82.1 cm³/mol. The molecule has 2 heteroatoms. The molecule has 2 rings (SSSR count). The Morgan fingerprint density at radius 3 is 2.45 bits per heavy atom. The summed E-state index contributed by atoms with van der Waals surface area (Å²) in [5, 5.41) is 10.4. The van der Waals surface area contributed by atoms with Crippen LogP contribution in [0, 0.1) is 0 Å². The average Bonchev–Trinajstić information content (AvgIpc) is 2.48. The van der Waals surface area contributed by atoms with E-state index in [0.717, 1.165) is 29.7 Å². The van der Waals surface area contributed by atoms with Crippen molar-refractivity contribution in [3.8, 4) is 5.75 Å². The van der Waals surface area contributed by atoms with Gasteiger partial charge in [0.2, 0.25) is 0 Å². The SMILES string of the molecule is CCCc1cccc(C(O)Cc2ccc(OC)cc2)c1. The van der Waals surface area contributed by atoms with E-state index in [9.17, 15) is 5.11 Å². The normalized spacial score (nSPS) is 12.2. The maximum Gasteiger partial charge on any atom is 0.118 e. The van der Waals surface area contributed by atoms with Crippen LogP contribution in [0.3, 0.4) is 0 Å². The molecule has 0 saturated heterocycles. The van der Waals surface area contributed by atoms with Crippen molar-refractivity contribution in [2.75, 3.05) is 7.11 Å². The second-order valence-corrected chi connectivity index (χ2v) is 5.06. The Morgan fingerprint density at radius 2 is 1.80 bits per heavy atom. The number of ether oxygens (including phenoxy) is 1. The van der Waals surface area contributed by atoms with Crippen LogP contribution in [0.4, 0.5) is 0 Å². The van der Waals surface area contributed by atoms with Crippen molar-refractivity contribution in [3.63, 3.8) is 0 Å². The number of hydrogen-bond donors (Lipinski definition) is 1. The van der Waals surface area contributed by atoms with Crippen LogP contribution < -0.4 is 4.74 Å². The van der Waals surface area contributed by atoms with Gasteiger partial charge in [-0.05, 0) is 35.2 Å². The first-order valence-electron chi connectivity index (χ1n) is 7.12. The zero-order valence-electron chi connectivity index (χ0n) is 12.2. The fourth-order valence-electron chi connectivity index (χ4n) is 2.35. The zero-order valence-corrected chi connectivity index (χ0v) is 12.2. The van der Waals surface area contributed by atoms with Gasteiger partial charge in [-0.25, -0.2) is 0 Å². The lowest BCUT2D eigenvalue weighted by molar-refractivity contribution is 0.178. The smallest absolute Gasteiger partial charge is 0.118 e. The molecule has 20 heavy (non-hydrogen) atoms. The Labute approximate surface area is 121 Å². The third-order valence-electron chi connectivity index (χ3n) is 3.46. The summed E-state index contributed by atoms with van der Waals surface area (Å²) in [6, 6.07) is 16.1. The number of aliphatic hydroxyl groups excluding tert-OH is 1. The molecule has 1 N–H and O–H groups in total. The summed E-state index contributed by atoms with van der Waals surface area (Å²) in [5.41, 5.74) is 3.39. The van der Waals surface area contributed by atoms with Gasteiger partial charge in [-0.15, -0.1) is 0 Å². The van der Waals surface area contributed by atoms with Crippen LogP contribution in [0.1, 0.15) is 36.1 Å². The summed E-state index contributed by atoms with van der Waals surface area (Å²) < 4.78 is 5.14. The molecule has 106 valence electrons. The topological polar surface area (TPSA) is 29.5 Å². The molecular formula is C18H22O2. The predicted octanol–water partition coefficient (Wildman–Crippen LogP) is 3.92. The molecule has 1 atom stereocenters. The first-order valence-corrected chi connectivity index (χ1v) is 7.12. The largest absolute Gasteiger partial charge is 0.497 e. The lowest BCUT2D eigenvalue weighted by atomic mass is 9.98. The molecule has 0 amide bonds. The Bertz CT molecular complexity index is 531. The summed E-state index contributed by atoms with van der Waals surface area (Å²) >= 11 is 0. The number of methoxy groups -OCH3 is 1. The molecule has 0 bridgehead atoms. The molecule has 0 fully saturated rings. The minimum atomic E-state index is -0.458. The number of aryl methyl sites for hydroxylation is 1. The molecule has 2 aromatic rings. The fraction of sp³-hybridized carbons (Fsp3) is 0.333. The minimum Gasteiger partial charge on any atom is -0.497 e. The van der Waals surface area contributed by atoms with Gasteiger partial charge in [0.15, 0.2) is 0 Å². The van der Waals surface area contributed by atoms with E-state index in [1.54, 1.807) is 7.11 Å². The van der Waals surface area contributed by atoms with Crippen LogP contribution in [0.25, 0.3) is 0 Å². The first kappa shape index (κ1) is 14.6. The first-order chi connectivity index (χ1) is 9.72. The van der Waals surface area contributed by atoms with Gasteiger partial charge in [-0.2, -0.15) is 0 Å². The van der Waals surface area contributed by atoms with Crippen LogP contribution in [-0.4, -0.2) is 12.2 Å². The third-order valence-corrected chi connectivity index (χ3v) is 3.46. The average molecular weight is 270 g/mol. The summed E-state index contributed by atoms with van der Waals surface area (Å²) in [7, 11) is 1.66. The van der Waals surface area contributed by atoms with Crippen molar-refractivity contribution < 1.29 is 9.84 Å². The zero-order chi connectivity index (χ0) is 14.4. The highest BCUT2D eigenvalue weighted by atomic mass is 16.5. The Hall–Kier alpha value is -1.80. The monoisotopic (exact) mass is 270 g/mol. The van der Waals surface area contributed by atoms with Crippen molar-refractivity contribution in [1.29, 1.82) is 0 Å². The van der Waals surface area contributed by atoms with Crippen molar-refractivity contribution in [1.82, 2.24) is 0 Å². The summed E-state index contributed by atoms with van der Waals surface area (Å²) in [6.45, 7) is 2.17. The Kier molecular flexibility index (Phi) is 5.19. The fourth-order valence-corrected chi connectivity index (χ4v) is 2.35. The summed E-state index contributed by atoms with van der Waals surface area (Å²) in [6.07, 6.45) is 2.35. The highest BCUT2D eigenvalue weighted by Crippen LogP contribution is 2.21. The van der Waals surface area contributed by atoms with Gasteiger partial charge in [-0.3, -0.25) is 0 Å². The molecule has 0 saturated carbocycles. The molecule has 2 aromatic carbocycles. The van der Waals surface area contributed by atoms with Crippen molar-refractivity contribution >= 4 is 0 Å². The Morgan fingerprint density at radius 1 is 1.05 bits per heavy atom. The van der Waals surface area contributed by atoms with Crippen LogP contribution in [0.5, 0.6) is 5.75 Å². The second kappa shape index (κ2) is 7.11. The van der Waals surface area contributed by atoms with E-state index in [-0.39, 0.29) is 0 Å². The van der Waals surface area contributed by atoms with Gasteiger partial charge in [0.05, 0.1) is 13.2 Å². The summed E-state index contributed by atoms with van der Waals surface area (Å²) in [5.74, 6) is 0.841. The van der Waals surface area contributed by atoms with Gasteiger partial charge in [0, 0.05) is 6.42 Å². The molecule has 0 radical (unpaired) electrons. The molecular weight excluding hydrogens is 248 g/mol. The van der Waals surface area contributed by atoms with E-state index >= 15 is 0 Å². The summed E-state index contributed by atoms with van der Waals surface area (Å²) in [4.78, 5) is 0. The van der Waals surface area contributed by atoms with E-state index in [1.165, 1.54) is 5.56 Å². The molecule has 1 unspecified atom stereocenters. The van der Waals surface area contributed by atoms with Crippen molar-refractivity contribution in [3.05, 3.63) is 65.2 Å². The van der Waals surface area contributed by atoms with E-state index in [4.69, 9.17) is 4.74 Å². The molecule has 0 spiro atoms. The lowest BCUT2D eigenvalue weighted by Gasteiger charge is -2.13. The molecule has 2 nitrogen and oxygen atoms in total. The molecule has 0 aliphatic carbocycles. The molecule has 0 aliphatic rings. The number of benzene rings is 2. The number of rotatable bonds is 6. The molecule has 0 heterocycles. The van der Waals surface area contributed by atoms with Gasteiger partial charge in [-0.1, -0.05) is 49.7 Å². The van der Waals surface area contributed by atoms with Gasteiger partial charge in [0.1, 0.15) is 5.75 Å². The lowest BCUT2D eigenvalue weighted by Crippen LogP contribution is -2.02. The van der Waals surface area contributed by atoms with Gasteiger partial charge < -0.3 is 9.84 Å². The highest BCUT2D eigenvalue weighted by Gasteiger charge is 2.09. The van der Waals surface area contributed by atoms with Crippen LogP contribution in [0.2, 0.25) is 0 Å². The Balaban J connectivity index is 2.06. The number of hydrogen-bond acceptors (Lipinski definition) is 2. The molecule has 0 aromatic heterocycles. The van der Waals surface area contributed by atoms with E-state index < -0.39 is 6.10 Å². The van der Waals surface area contributed by atoms with E-state index in [2.05, 4.69) is 19.1 Å². The number of aliphatic hydroxyl groups is 1. The quantitative estimate of drug-likeness (QED) is 0.862. The molecule has 0 aliphatic heterocycles. The second-order valence-electron chi connectivity index (χ2n) is 5.06. The van der Waals surface area contributed by atoms with Crippen molar-refractivity contribution in [2.45, 2.75) is 32.3 Å². The minimum absolute atomic E-state index is 0.458. The van der Waals surface area contributed by atoms with Gasteiger partial charge >= 0.3 is 0 Å². The maximum absolute atomic E-state index is 10.4. The maximum atomic E-state index is 10.4. The van der Waals surface area contributed by atoms with Crippen molar-refractivity contribution in [2.24, 2.45) is 0 Å². The third kappa shape index (κ3) is 3.84.